The van der Waals surface area contributed by atoms with Gasteiger partial charge in [0.1, 0.15) is 0 Å². The maximum absolute atomic E-state index is 11.0. The number of ether oxygens (including phenoxy) is 2. The highest BCUT2D eigenvalue weighted by Gasteiger charge is 2.40. The van der Waals surface area contributed by atoms with Gasteiger partial charge in [-0.25, -0.2) is 0 Å². The van der Waals surface area contributed by atoms with Crippen molar-refractivity contribution in [2.75, 3.05) is 6.61 Å². The summed E-state index contributed by atoms with van der Waals surface area (Å²) in [6.07, 6.45) is 9.54. The van der Waals surface area contributed by atoms with Crippen molar-refractivity contribution >= 4 is 8.32 Å². The van der Waals surface area contributed by atoms with E-state index in [9.17, 15) is 5.11 Å². The Hall–Kier alpha value is -1.14. The van der Waals surface area contributed by atoms with Gasteiger partial charge < -0.3 is 19.0 Å². The molecule has 0 unspecified atom stereocenters. The molecule has 2 rings (SSSR count). The van der Waals surface area contributed by atoms with Crippen LogP contribution in [0, 0.1) is 0 Å². The van der Waals surface area contributed by atoms with Gasteiger partial charge in [-0.3, -0.25) is 0 Å². The highest BCUT2D eigenvalue weighted by molar-refractivity contribution is 6.73. The summed E-state index contributed by atoms with van der Waals surface area (Å²) >= 11 is 0. The fourth-order valence-electron chi connectivity index (χ4n) is 4.10. The zero-order valence-corrected chi connectivity index (χ0v) is 19.9. The number of hydrogen-bond donors (Lipinski definition) is 1. The molecule has 1 aliphatic rings. The van der Waals surface area contributed by atoms with Crippen LogP contribution in [-0.2, 0) is 20.5 Å². The van der Waals surface area contributed by atoms with E-state index in [0.29, 0.717) is 12.7 Å². The zero-order valence-electron chi connectivity index (χ0n) is 18.9. The smallest absolute Gasteiger partial charge is 0.196 e. The predicted molar refractivity (Wildman–Crippen MR) is 121 cm³/mol. The van der Waals surface area contributed by atoms with Gasteiger partial charge in [-0.1, -0.05) is 36.8 Å². The van der Waals surface area contributed by atoms with Crippen molar-refractivity contribution in [1.82, 2.24) is 0 Å². The topological polar surface area (TPSA) is 47.9 Å². The molecule has 1 saturated carbocycles. The van der Waals surface area contributed by atoms with E-state index >= 15 is 0 Å². The van der Waals surface area contributed by atoms with Gasteiger partial charge in [0.05, 0.1) is 31.7 Å². The first-order chi connectivity index (χ1) is 13.7. The molecule has 0 aromatic heterocycles. The Balaban J connectivity index is 1.99. The summed E-state index contributed by atoms with van der Waals surface area (Å²) in [6.45, 7) is 11.3. The van der Waals surface area contributed by atoms with Crippen LogP contribution in [0.25, 0.3) is 0 Å². The molecular weight excluding hydrogens is 380 g/mol. The molecule has 1 aromatic rings. The van der Waals surface area contributed by atoms with Crippen molar-refractivity contribution in [3.05, 3.63) is 48.2 Å². The minimum Gasteiger partial charge on any atom is -0.498 e. The van der Waals surface area contributed by atoms with E-state index in [1.165, 1.54) is 19.3 Å². The van der Waals surface area contributed by atoms with E-state index in [0.717, 1.165) is 18.4 Å². The van der Waals surface area contributed by atoms with Crippen molar-refractivity contribution in [3.63, 3.8) is 0 Å². The van der Waals surface area contributed by atoms with Gasteiger partial charge in [0.15, 0.2) is 8.32 Å². The molecule has 0 heterocycles. The third kappa shape index (κ3) is 9.03. The molecule has 1 N–H and O–H groups in total. The molecule has 0 saturated heterocycles. The van der Waals surface area contributed by atoms with Crippen LogP contribution in [0.15, 0.2) is 42.7 Å². The number of benzene rings is 1. The van der Waals surface area contributed by atoms with Crippen molar-refractivity contribution in [1.29, 1.82) is 0 Å². The van der Waals surface area contributed by atoms with Gasteiger partial charge in [0, 0.05) is 11.1 Å². The minimum atomic E-state index is -2.24. The molecular formula is C24H40O4Si. The van der Waals surface area contributed by atoms with Crippen LogP contribution in [0.2, 0.25) is 18.6 Å². The summed E-state index contributed by atoms with van der Waals surface area (Å²) in [7, 11) is -2.24. The summed E-state index contributed by atoms with van der Waals surface area (Å²) in [5, 5.41) is 11.0. The maximum atomic E-state index is 11.0. The second-order valence-corrected chi connectivity index (χ2v) is 13.7. The third-order valence-electron chi connectivity index (χ3n) is 5.30. The molecule has 0 aliphatic heterocycles. The first-order valence-corrected chi connectivity index (χ1v) is 14.0. The largest absolute Gasteiger partial charge is 0.498 e. The number of hydrogen-bond acceptors (Lipinski definition) is 4. The Bertz CT molecular complexity index is 603. The van der Waals surface area contributed by atoms with Crippen LogP contribution < -0.4 is 0 Å². The highest BCUT2D eigenvalue weighted by atomic mass is 28.4. The SMILES string of the molecule is CC(C)(C)O[Si](C)(C)[C@@H](/C=C\OC1CCCCC1)[C@@H](O)COCc1ccccc1. The molecule has 0 amide bonds. The lowest BCUT2D eigenvalue weighted by atomic mass is 9.98. The van der Waals surface area contributed by atoms with E-state index in [1.807, 2.05) is 42.7 Å². The van der Waals surface area contributed by atoms with Gasteiger partial charge in [-0.05, 0) is 71.2 Å². The fraction of sp³-hybridized carbons (Fsp3) is 0.667. The number of rotatable bonds is 10. The van der Waals surface area contributed by atoms with Crippen LogP contribution in [0.3, 0.4) is 0 Å². The van der Waals surface area contributed by atoms with Crippen molar-refractivity contribution < 1.29 is 19.0 Å². The molecule has 0 radical (unpaired) electrons. The van der Waals surface area contributed by atoms with Gasteiger partial charge in [0.25, 0.3) is 0 Å². The second-order valence-electron chi connectivity index (χ2n) is 9.64. The van der Waals surface area contributed by atoms with Crippen LogP contribution >= 0.6 is 0 Å². The van der Waals surface area contributed by atoms with E-state index in [4.69, 9.17) is 13.9 Å². The second kappa shape index (κ2) is 11.3. The molecule has 1 fully saturated rings. The Morgan fingerprint density at radius 2 is 1.76 bits per heavy atom. The Morgan fingerprint density at radius 3 is 2.38 bits per heavy atom. The molecule has 29 heavy (non-hydrogen) atoms. The average Bonchev–Trinajstić information content (AvgIpc) is 2.64. The lowest BCUT2D eigenvalue weighted by Gasteiger charge is -2.38. The van der Waals surface area contributed by atoms with Crippen molar-refractivity contribution in [2.45, 2.75) is 95.9 Å². The molecule has 5 heteroatoms. The Labute approximate surface area is 178 Å². The van der Waals surface area contributed by atoms with Crippen LogP contribution in [0.5, 0.6) is 0 Å². The summed E-state index contributed by atoms with van der Waals surface area (Å²) in [4.78, 5) is 0. The monoisotopic (exact) mass is 420 g/mol. The summed E-state index contributed by atoms with van der Waals surface area (Å²) in [5.74, 6) is 0. The summed E-state index contributed by atoms with van der Waals surface area (Å²) in [6, 6.07) is 10.0. The maximum Gasteiger partial charge on any atom is 0.196 e. The zero-order chi connectivity index (χ0) is 21.3. The van der Waals surface area contributed by atoms with Gasteiger partial charge in [0.2, 0.25) is 0 Å². The van der Waals surface area contributed by atoms with Gasteiger partial charge in [-0.15, -0.1) is 0 Å². The first kappa shape index (κ1) is 24.1. The predicted octanol–water partition coefficient (Wildman–Crippen LogP) is 5.82. The number of aliphatic hydroxyl groups excluding tert-OH is 1. The van der Waals surface area contributed by atoms with Gasteiger partial charge in [-0.2, -0.15) is 0 Å². The van der Waals surface area contributed by atoms with E-state index in [1.54, 1.807) is 0 Å². The van der Waals surface area contributed by atoms with Crippen molar-refractivity contribution in [3.8, 4) is 0 Å². The van der Waals surface area contributed by atoms with E-state index < -0.39 is 14.4 Å². The summed E-state index contributed by atoms with van der Waals surface area (Å²) in [5.41, 5.74) is 0.743. The lowest BCUT2D eigenvalue weighted by Crippen LogP contribution is -2.47. The fourth-order valence-corrected chi connectivity index (χ4v) is 7.38. The van der Waals surface area contributed by atoms with Crippen LogP contribution in [-0.4, -0.2) is 37.8 Å². The summed E-state index contributed by atoms with van der Waals surface area (Å²) < 4.78 is 18.3. The molecule has 164 valence electrons. The molecule has 2 atom stereocenters. The van der Waals surface area contributed by atoms with E-state index in [2.05, 4.69) is 33.9 Å². The molecule has 0 spiro atoms. The van der Waals surface area contributed by atoms with Crippen LogP contribution in [0.1, 0.15) is 58.4 Å². The molecule has 4 nitrogen and oxygen atoms in total. The van der Waals surface area contributed by atoms with E-state index in [-0.39, 0.29) is 17.7 Å². The Kier molecular flexibility index (Phi) is 9.40. The average molecular weight is 421 g/mol. The minimum absolute atomic E-state index is 0.110. The quantitative estimate of drug-likeness (QED) is 0.383. The van der Waals surface area contributed by atoms with Crippen molar-refractivity contribution in [2.24, 2.45) is 0 Å². The lowest BCUT2D eigenvalue weighted by molar-refractivity contribution is 0.0223. The highest BCUT2D eigenvalue weighted by Crippen LogP contribution is 2.33. The standard InChI is InChI=1S/C24H40O4Si/c1-24(2,3)28-29(4,5)23(16-17-27-21-14-10-7-11-15-21)22(25)19-26-18-20-12-8-6-9-13-20/h6,8-9,12-13,16-17,21-23,25H,7,10-11,14-15,18-19H2,1-5H3/b17-16-/t22-,23-/m0/s1. The Morgan fingerprint density at radius 1 is 1.10 bits per heavy atom. The third-order valence-corrected chi connectivity index (χ3v) is 8.62. The van der Waals surface area contributed by atoms with Gasteiger partial charge >= 0.3 is 0 Å². The first-order valence-electron chi connectivity index (χ1n) is 11.0. The molecule has 0 bridgehead atoms. The number of aliphatic hydroxyl groups is 1. The molecule has 1 aromatic carbocycles. The van der Waals surface area contributed by atoms with Crippen LogP contribution in [0.4, 0.5) is 0 Å². The normalized spacial score (nSPS) is 18.7. The molecule has 1 aliphatic carbocycles.